The third-order valence-corrected chi connectivity index (χ3v) is 5.80. The van der Waals surface area contributed by atoms with Crippen molar-refractivity contribution in [1.82, 2.24) is 0 Å². The van der Waals surface area contributed by atoms with Crippen LogP contribution in [0, 0.1) is 0 Å². The molecule has 0 amide bonds. The Morgan fingerprint density at radius 3 is 1.29 bits per heavy atom. The minimum Gasteiger partial charge on any atom is -0.506 e. The molecular formula is C24H28N2O2. The van der Waals surface area contributed by atoms with E-state index in [1.165, 1.54) is 0 Å². The molecule has 0 aliphatic carbocycles. The Balaban J connectivity index is 2.05. The lowest BCUT2D eigenvalue weighted by atomic mass is 9.73. The fourth-order valence-electron chi connectivity index (χ4n) is 3.52. The van der Waals surface area contributed by atoms with Gasteiger partial charge in [-0.3, -0.25) is 0 Å². The average Bonchev–Trinajstić information content (AvgIpc) is 2.66. The maximum atomic E-state index is 9.75. The second-order valence-electron chi connectivity index (χ2n) is 8.38. The lowest BCUT2D eigenvalue weighted by Crippen LogP contribution is -2.23. The summed E-state index contributed by atoms with van der Waals surface area (Å²) in [7, 11) is 0. The molecule has 0 saturated carbocycles. The van der Waals surface area contributed by atoms with Crippen LogP contribution in [0.3, 0.4) is 0 Å². The highest BCUT2D eigenvalue weighted by atomic mass is 16.3. The summed E-state index contributed by atoms with van der Waals surface area (Å²) < 4.78 is 0. The van der Waals surface area contributed by atoms with Gasteiger partial charge in [0.05, 0.1) is 11.4 Å². The first-order valence-corrected chi connectivity index (χ1v) is 9.32. The molecule has 0 saturated heterocycles. The first-order chi connectivity index (χ1) is 13.0. The van der Waals surface area contributed by atoms with Crippen molar-refractivity contribution in [3.63, 3.8) is 0 Å². The molecule has 0 aliphatic heterocycles. The monoisotopic (exact) mass is 376 g/mol. The van der Waals surface area contributed by atoms with E-state index in [0.29, 0.717) is 11.4 Å². The summed E-state index contributed by atoms with van der Waals surface area (Å²) in [6.07, 6.45) is 0. The summed E-state index contributed by atoms with van der Waals surface area (Å²) in [5.74, 6) is 0.193. The number of phenols is 2. The van der Waals surface area contributed by atoms with Gasteiger partial charge in [-0.2, -0.15) is 0 Å². The van der Waals surface area contributed by atoms with Gasteiger partial charge in [-0.25, -0.2) is 0 Å². The van der Waals surface area contributed by atoms with Crippen LogP contribution < -0.4 is 11.5 Å². The molecule has 0 heterocycles. The van der Waals surface area contributed by atoms with E-state index in [2.05, 4.69) is 52.0 Å². The summed E-state index contributed by atoms with van der Waals surface area (Å²) in [6.45, 7) is 8.57. The number of hydrogen-bond donors (Lipinski definition) is 4. The summed E-state index contributed by atoms with van der Waals surface area (Å²) in [5, 5.41) is 19.5. The van der Waals surface area contributed by atoms with Crippen LogP contribution in [-0.2, 0) is 10.8 Å². The summed E-state index contributed by atoms with van der Waals surface area (Å²) in [5.41, 5.74) is 16.4. The Morgan fingerprint density at radius 1 is 0.571 bits per heavy atom. The zero-order chi connectivity index (χ0) is 20.7. The third kappa shape index (κ3) is 3.38. The maximum Gasteiger partial charge on any atom is 0.138 e. The van der Waals surface area contributed by atoms with Crippen molar-refractivity contribution in [2.75, 3.05) is 11.5 Å². The van der Waals surface area contributed by atoms with Gasteiger partial charge in [-0.1, -0.05) is 64.1 Å². The highest BCUT2D eigenvalue weighted by Crippen LogP contribution is 2.39. The lowest BCUT2D eigenvalue weighted by molar-refractivity contribution is 0.476. The highest BCUT2D eigenvalue weighted by Gasteiger charge is 2.28. The predicted molar refractivity (Wildman–Crippen MR) is 116 cm³/mol. The average molecular weight is 377 g/mol. The van der Waals surface area contributed by atoms with Gasteiger partial charge in [0.1, 0.15) is 11.5 Å². The molecule has 0 unspecified atom stereocenters. The zero-order valence-corrected chi connectivity index (χ0v) is 16.8. The minimum absolute atomic E-state index is 0.0966. The van der Waals surface area contributed by atoms with Crippen molar-refractivity contribution in [2.45, 2.75) is 38.5 Å². The van der Waals surface area contributed by atoms with E-state index in [-0.39, 0.29) is 22.3 Å². The zero-order valence-electron chi connectivity index (χ0n) is 16.8. The molecule has 0 atom stereocenters. The minimum atomic E-state index is -0.290. The molecule has 4 heteroatoms. The Labute approximate surface area is 166 Å². The quantitative estimate of drug-likeness (QED) is 0.384. The molecule has 0 aromatic heterocycles. The van der Waals surface area contributed by atoms with Crippen molar-refractivity contribution in [2.24, 2.45) is 0 Å². The van der Waals surface area contributed by atoms with Crippen LogP contribution in [0.2, 0.25) is 0 Å². The van der Waals surface area contributed by atoms with Crippen molar-refractivity contribution in [3.05, 3.63) is 82.9 Å². The maximum absolute atomic E-state index is 9.75. The Morgan fingerprint density at radius 2 is 0.929 bits per heavy atom. The van der Waals surface area contributed by atoms with Crippen molar-refractivity contribution >= 4 is 11.4 Å². The van der Waals surface area contributed by atoms with E-state index in [1.807, 2.05) is 24.3 Å². The van der Waals surface area contributed by atoms with E-state index in [1.54, 1.807) is 12.1 Å². The number of benzene rings is 3. The molecule has 6 N–H and O–H groups in total. The third-order valence-electron chi connectivity index (χ3n) is 5.80. The molecule has 3 rings (SSSR count). The molecule has 0 aliphatic rings. The van der Waals surface area contributed by atoms with Crippen LogP contribution in [-0.4, -0.2) is 10.2 Å². The molecule has 0 radical (unpaired) electrons. The summed E-state index contributed by atoms with van der Waals surface area (Å²) in [6, 6.07) is 19.2. The topological polar surface area (TPSA) is 92.5 Å². The van der Waals surface area contributed by atoms with Crippen LogP contribution in [0.1, 0.15) is 49.9 Å². The van der Waals surface area contributed by atoms with Crippen molar-refractivity contribution in [3.8, 4) is 11.5 Å². The van der Waals surface area contributed by atoms with Crippen molar-refractivity contribution in [1.29, 1.82) is 0 Å². The SMILES string of the molecule is CC(C)(c1cccc(C(C)(C)c2ccc(O)c(N)c2)c1)c1ccc(O)c(N)c1. The number of nitrogens with two attached hydrogens (primary N) is 2. The standard InChI is InChI=1S/C24H28N2O2/c1-23(2,17-8-10-21(27)19(25)13-17)15-6-5-7-16(12-15)24(3,4)18-9-11-22(28)20(26)14-18/h5-14,27-28H,25-26H2,1-4H3. The molecule has 146 valence electrons. The molecule has 28 heavy (non-hydrogen) atoms. The van der Waals surface area contributed by atoms with Crippen molar-refractivity contribution < 1.29 is 10.2 Å². The second kappa shape index (κ2) is 6.79. The van der Waals surface area contributed by atoms with E-state index in [4.69, 9.17) is 11.5 Å². The molecule has 4 nitrogen and oxygen atoms in total. The first kappa shape index (κ1) is 19.6. The van der Waals surface area contributed by atoms with Gasteiger partial charge in [0.2, 0.25) is 0 Å². The number of hydrogen-bond acceptors (Lipinski definition) is 4. The largest absolute Gasteiger partial charge is 0.506 e. The van der Waals surface area contributed by atoms with Crippen LogP contribution in [0.5, 0.6) is 11.5 Å². The smallest absolute Gasteiger partial charge is 0.138 e. The van der Waals surface area contributed by atoms with Gasteiger partial charge in [0.25, 0.3) is 0 Å². The first-order valence-electron chi connectivity index (χ1n) is 9.32. The van der Waals surface area contributed by atoms with E-state index >= 15 is 0 Å². The van der Waals surface area contributed by atoms with Gasteiger partial charge in [0.15, 0.2) is 0 Å². The van der Waals surface area contributed by atoms with E-state index < -0.39 is 0 Å². The second-order valence-corrected chi connectivity index (χ2v) is 8.38. The fourth-order valence-corrected chi connectivity index (χ4v) is 3.52. The Kier molecular flexibility index (Phi) is 4.76. The normalized spacial score (nSPS) is 12.1. The number of anilines is 2. The van der Waals surface area contributed by atoms with Gasteiger partial charge in [-0.15, -0.1) is 0 Å². The van der Waals surface area contributed by atoms with Gasteiger partial charge < -0.3 is 21.7 Å². The van der Waals surface area contributed by atoms with Gasteiger partial charge >= 0.3 is 0 Å². The molecule has 3 aromatic carbocycles. The number of phenolic OH excluding ortho intramolecular Hbond substituents is 2. The van der Waals surface area contributed by atoms with Gasteiger partial charge in [-0.05, 0) is 46.5 Å². The van der Waals surface area contributed by atoms with E-state index in [9.17, 15) is 10.2 Å². The van der Waals surface area contributed by atoms with Crippen LogP contribution in [0.15, 0.2) is 60.7 Å². The number of aromatic hydroxyl groups is 2. The molecule has 0 bridgehead atoms. The van der Waals surface area contributed by atoms with E-state index in [0.717, 1.165) is 22.3 Å². The molecule has 3 aromatic rings. The summed E-state index contributed by atoms with van der Waals surface area (Å²) >= 11 is 0. The molecular weight excluding hydrogens is 348 g/mol. The molecule has 0 spiro atoms. The predicted octanol–water partition coefficient (Wildman–Crippen LogP) is 4.91. The molecule has 0 fully saturated rings. The van der Waals surface area contributed by atoms with Crippen LogP contribution in [0.4, 0.5) is 11.4 Å². The van der Waals surface area contributed by atoms with Gasteiger partial charge in [0, 0.05) is 10.8 Å². The lowest BCUT2D eigenvalue weighted by Gasteiger charge is -2.31. The summed E-state index contributed by atoms with van der Waals surface area (Å²) in [4.78, 5) is 0. The Bertz CT molecular complexity index is 944. The number of nitrogen functional groups attached to an aromatic ring is 2. The van der Waals surface area contributed by atoms with Crippen LogP contribution >= 0.6 is 0 Å². The Hall–Kier alpha value is -3.14. The number of rotatable bonds is 4. The highest BCUT2D eigenvalue weighted by molar-refractivity contribution is 5.58. The fraction of sp³-hybridized carbons (Fsp3) is 0.250. The van der Waals surface area contributed by atoms with Crippen LogP contribution in [0.25, 0.3) is 0 Å².